The Morgan fingerprint density at radius 2 is 2.05 bits per heavy atom. The van der Waals surface area contributed by atoms with Crippen LogP contribution in [0.15, 0.2) is 18.2 Å². The lowest BCUT2D eigenvalue weighted by Gasteiger charge is -2.16. The second-order valence-corrected chi connectivity index (χ2v) is 4.53. The fraction of sp³-hybridized carbons (Fsp3) is 0.429. The molecule has 0 aliphatic rings. The highest BCUT2D eigenvalue weighted by molar-refractivity contribution is 5.94. The van der Waals surface area contributed by atoms with Gasteiger partial charge in [-0.2, -0.15) is 0 Å². The van der Waals surface area contributed by atoms with Crippen molar-refractivity contribution in [3.8, 4) is 0 Å². The van der Waals surface area contributed by atoms with E-state index in [2.05, 4.69) is 5.32 Å². The number of carbonyl (C=O) groups is 2. The minimum Gasteiger partial charge on any atom is -0.481 e. The second kappa shape index (κ2) is 7.57. The Hall–Kier alpha value is -1.98. The summed E-state index contributed by atoms with van der Waals surface area (Å²) in [7, 11) is 0. The Morgan fingerprint density at radius 1 is 1.35 bits per heavy atom. The summed E-state index contributed by atoms with van der Waals surface area (Å²) in [6.45, 7) is 1.94. The standard InChI is InChI=1S/C14H17F2NO3/c1-2-3-4-10(8-13(18)19)17-14(20)11-7-9(15)5-6-12(11)16/h5-7,10H,2-4,8H2,1H3,(H,17,20)(H,18,19)/t10-/m1/s1. The monoisotopic (exact) mass is 285 g/mol. The Kier molecular flexibility index (Phi) is 6.09. The first-order valence-electron chi connectivity index (χ1n) is 6.41. The number of aliphatic carboxylic acids is 1. The molecule has 0 aliphatic carbocycles. The van der Waals surface area contributed by atoms with E-state index in [9.17, 15) is 18.4 Å². The van der Waals surface area contributed by atoms with Gasteiger partial charge in [0.05, 0.1) is 12.0 Å². The van der Waals surface area contributed by atoms with Crippen molar-refractivity contribution >= 4 is 11.9 Å². The van der Waals surface area contributed by atoms with Gasteiger partial charge in [-0.05, 0) is 24.6 Å². The van der Waals surface area contributed by atoms with Crippen molar-refractivity contribution in [2.45, 2.75) is 38.6 Å². The maximum absolute atomic E-state index is 13.4. The summed E-state index contributed by atoms with van der Waals surface area (Å²) in [5.74, 6) is -3.41. The van der Waals surface area contributed by atoms with E-state index >= 15 is 0 Å². The van der Waals surface area contributed by atoms with E-state index in [4.69, 9.17) is 5.11 Å². The highest BCUT2D eigenvalue weighted by Crippen LogP contribution is 2.11. The van der Waals surface area contributed by atoms with Gasteiger partial charge in [0.15, 0.2) is 0 Å². The third-order valence-corrected chi connectivity index (χ3v) is 2.84. The predicted molar refractivity (Wildman–Crippen MR) is 69.4 cm³/mol. The number of hydrogen-bond acceptors (Lipinski definition) is 2. The van der Waals surface area contributed by atoms with E-state index in [1.54, 1.807) is 0 Å². The first-order chi connectivity index (χ1) is 9.43. The van der Waals surface area contributed by atoms with Gasteiger partial charge < -0.3 is 10.4 Å². The fourth-order valence-corrected chi connectivity index (χ4v) is 1.82. The Labute approximate surface area is 115 Å². The van der Waals surface area contributed by atoms with E-state index in [1.165, 1.54) is 0 Å². The van der Waals surface area contributed by atoms with E-state index in [0.29, 0.717) is 6.42 Å². The van der Waals surface area contributed by atoms with Crippen LogP contribution in [-0.2, 0) is 4.79 Å². The zero-order chi connectivity index (χ0) is 15.1. The van der Waals surface area contributed by atoms with Crippen molar-refractivity contribution in [3.05, 3.63) is 35.4 Å². The fourth-order valence-electron chi connectivity index (χ4n) is 1.82. The molecule has 0 radical (unpaired) electrons. The molecule has 20 heavy (non-hydrogen) atoms. The van der Waals surface area contributed by atoms with Gasteiger partial charge in [0.25, 0.3) is 5.91 Å². The van der Waals surface area contributed by atoms with Crippen LogP contribution in [0.3, 0.4) is 0 Å². The first-order valence-corrected chi connectivity index (χ1v) is 6.41. The van der Waals surface area contributed by atoms with Crippen molar-refractivity contribution in [1.29, 1.82) is 0 Å². The van der Waals surface area contributed by atoms with Crippen LogP contribution >= 0.6 is 0 Å². The summed E-state index contributed by atoms with van der Waals surface area (Å²) >= 11 is 0. The van der Waals surface area contributed by atoms with Gasteiger partial charge in [-0.25, -0.2) is 8.78 Å². The number of carboxylic acids is 1. The summed E-state index contributed by atoms with van der Waals surface area (Å²) in [5, 5.41) is 11.2. The van der Waals surface area contributed by atoms with Crippen LogP contribution in [0.5, 0.6) is 0 Å². The Bertz CT molecular complexity index is 491. The maximum Gasteiger partial charge on any atom is 0.305 e. The van der Waals surface area contributed by atoms with Crippen LogP contribution in [0.4, 0.5) is 8.78 Å². The number of carbonyl (C=O) groups excluding carboxylic acids is 1. The third-order valence-electron chi connectivity index (χ3n) is 2.84. The number of carboxylic acid groups (broad SMARTS) is 1. The van der Waals surface area contributed by atoms with Gasteiger partial charge in [0.1, 0.15) is 11.6 Å². The number of benzene rings is 1. The van der Waals surface area contributed by atoms with Crippen molar-refractivity contribution in [1.82, 2.24) is 5.32 Å². The summed E-state index contributed by atoms with van der Waals surface area (Å²) < 4.78 is 26.5. The van der Waals surface area contributed by atoms with Crippen LogP contribution in [0.25, 0.3) is 0 Å². The number of hydrogen-bond donors (Lipinski definition) is 2. The van der Waals surface area contributed by atoms with Gasteiger partial charge in [-0.1, -0.05) is 19.8 Å². The molecule has 0 bridgehead atoms. The number of halogens is 2. The summed E-state index contributed by atoms with van der Waals surface area (Å²) in [5.41, 5.74) is -0.420. The van der Waals surface area contributed by atoms with Crippen molar-refractivity contribution < 1.29 is 23.5 Å². The van der Waals surface area contributed by atoms with Gasteiger partial charge in [0.2, 0.25) is 0 Å². The van der Waals surface area contributed by atoms with Crippen LogP contribution in [0.2, 0.25) is 0 Å². The molecule has 0 saturated heterocycles. The zero-order valence-electron chi connectivity index (χ0n) is 11.2. The van der Waals surface area contributed by atoms with Crippen LogP contribution in [0.1, 0.15) is 43.0 Å². The summed E-state index contributed by atoms with van der Waals surface area (Å²) in [4.78, 5) is 22.6. The van der Waals surface area contributed by atoms with E-state index in [1.807, 2.05) is 6.92 Å². The van der Waals surface area contributed by atoms with Crippen molar-refractivity contribution in [2.75, 3.05) is 0 Å². The SMILES string of the molecule is CCCC[C@H](CC(=O)O)NC(=O)c1cc(F)ccc1F. The molecule has 110 valence electrons. The van der Waals surface area contributed by atoms with Gasteiger partial charge in [0, 0.05) is 6.04 Å². The Balaban J connectivity index is 2.78. The molecule has 4 nitrogen and oxygen atoms in total. The van der Waals surface area contributed by atoms with Gasteiger partial charge in [-0.15, -0.1) is 0 Å². The van der Waals surface area contributed by atoms with Crippen LogP contribution in [-0.4, -0.2) is 23.0 Å². The molecule has 6 heteroatoms. The zero-order valence-corrected chi connectivity index (χ0v) is 11.2. The minimum atomic E-state index is -1.05. The predicted octanol–water partition coefficient (Wildman–Crippen LogP) is 2.73. The number of amides is 1. The normalized spacial score (nSPS) is 11.9. The first kappa shape index (κ1) is 16.1. The molecule has 1 aromatic carbocycles. The lowest BCUT2D eigenvalue weighted by Crippen LogP contribution is -2.37. The Morgan fingerprint density at radius 3 is 2.65 bits per heavy atom. The molecular formula is C14H17F2NO3. The molecule has 0 fully saturated rings. The molecule has 0 aliphatic heterocycles. The number of unbranched alkanes of at least 4 members (excludes halogenated alkanes) is 1. The molecule has 1 aromatic rings. The highest BCUT2D eigenvalue weighted by Gasteiger charge is 2.19. The van der Waals surface area contributed by atoms with E-state index in [0.717, 1.165) is 31.0 Å². The van der Waals surface area contributed by atoms with Crippen molar-refractivity contribution in [3.63, 3.8) is 0 Å². The lowest BCUT2D eigenvalue weighted by molar-refractivity contribution is -0.137. The maximum atomic E-state index is 13.4. The molecule has 0 heterocycles. The largest absolute Gasteiger partial charge is 0.481 e. The molecule has 0 spiro atoms. The number of nitrogens with one attached hydrogen (secondary N) is 1. The molecule has 0 unspecified atom stereocenters. The quantitative estimate of drug-likeness (QED) is 0.809. The molecular weight excluding hydrogens is 268 g/mol. The average molecular weight is 285 g/mol. The molecule has 2 N–H and O–H groups in total. The number of rotatable bonds is 7. The second-order valence-electron chi connectivity index (χ2n) is 4.53. The summed E-state index contributed by atoms with van der Waals surface area (Å²) in [6, 6.07) is 1.98. The molecule has 1 amide bonds. The lowest BCUT2D eigenvalue weighted by atomic mass is 10.1. The van der Waals surface area contributed by atoms with Crippen molar-refractivity contribution in [2.24, 2.45) is 0 Å². The topological polar surface area (TPSA) is 66.4 Å². The van der Waals surface area contributed by atoms with Crippen LogP contribution in [0, 0.1) is 11.6 Å². The minimum absolute atomic E-state index is 0.247. The summed E-state index contributed by atoms with van der Waals surface area (Å²) in [6.07, 6.45) is 1.82. The average Bonchev–Trinajstić information content (AvgIpc) is 2.38. The molecule has 0 aromatic heterocycles. The highest BCUT2D eigenvalue weighted by atomic mass is 19.1. The van der Waals surface area contributed by atoms with Gasteiger partial charge in [-0.3, -0.25) is 9.59 Å². The molecule has 1 atom stereocenters. The molecule has 1 rings (SSSR count). The van der Waals surface area contributed by atoms with E-state index in [-0.39, 0.29) is 6.42 Å². The van der Waals surface area contributed by atoms with Crippen LogP contribution < -0.4 is 5.32 Å². The van der Waals surface area contributed by atoms with E-state index < -0.39 is 35.1 Å². The third kappa shape index (κ3) is 4.95. The smallest absolute Gasteiger partial charge is 0.305 e. The van der Waals surface area contributed by atoms with Gasteiger partial charge >= 0.3 is 5.97 Å². The molecule has 0 saturated carbocycles.